The molecule has 1 heterocycles. The number of carbonyl (C=O) groups excluding carboxylic acids is 2. The Bertz CT molecular complexity index is 387. The topological polar surface area (TPSA) is 74.6 Å². The normalized spacial score (nSPS) is 12.2. The van der Waals surface area contributed by atoms with Crippen LogP contribution in [0, 0.1) is 0 Å². The fourth-order valence-corrected chi connectivity index (χ4v) is 1.50. The summed E-state index contributed by atoms with van der Waals surface area (Å²) in [6.07, 6.45) is 1.60. The van der Waals surface area contributed by atoms with Crippen molar-refractivity contribution in [2.45, 2.75) is 13.0 Å². The van der Waals surface area contributed by atoms with Crippen LogP contribution in [0.4, 0.5) is 0 Å². The molecule has 1 aromatic heterocycles. The highest BCUT2D eigenvalue weighted by Crippen LogP contribution is 2.17. The van der Waals surface area contributed by atoms with Crippen molar-refractivity contribution in [3.8, 4) is 0 Å². The second-order valence-corrected chi connectivity index (χ2v) is 4.21. The minimum Gasteiger partial charge on any atom is -0.468 e. The Morgan fingerprint density at radius 1 is 1.39 bits per heavy atom. The zero-order chi connectivity index (χ0) is 13.5. The lowest BCUT2D eigenvalue weighted by Crippen LogP contribution is -2.40. The van der Waals surface area contributed by atoms with Gasteiger partial charge in [0, 0.05) is 13.5 Å². The van der Waals surface area contributed by atoms with Gasteiger partial charge in [-0.25, -0.2) is 0 Å². The maximum absolute atomic E-state index is 11.5. The largest absolute Gasteiger partial charge is 0.468 e. The number of carbonyl (C=O) groups is 2. The molecule has 0 radical (unpaired) electrons. The number of rotatable bonds is 6. The van der Waals surface area contributed by atoms with E-state index in [1.54, 1.807) is 6.26 Å². The Kier molecular flexibility index (Phi) is 5.38. The minimum atomic E-state index is -0.222. The van der Waals surface area contributed by atoms with Gasteiger partial charge in [-0.3, -0.25) is 14.5 Å². The van der Waals surface area contributed by atoms with Crippen LogP contribution in [-0.2, 0) is 9.59 Å². The van der Waals surface area contributed by atoms with Gasteiger partial charge < -0.3 is 15.1 Å². The number of hydrogen-bond donors (Lipinski definition) is 2. The predicted octanol–water partition coefficient (Wildman–Crippen LogP) is 0.135. The van der Waals surface area contributed by atoms with Gasteiger partial charge in [0.25, 0.3) is 0 Å². The molecule has 18 heavy (non-hydrogen) atoms. The second kappa shape index (κ2) is 6.80. The second-order valence-electron chi connectivity index (χ2n) is 4.21. The summed E-state index contributed by atoms with van der Waals surface area (Å²) in [5, 5.41) is 5.20. The fourth-order valence-electron chi connectivity index (χ4n) is 1.50. The number of nitrogens with one attached hydrogen (secondary N) is 2. The first-order valence-corrected chi connectivity index (χ1v) is 5.71. The third-order valence-corrected chi connectivity index (χ3v) is 2.49. The molecule has 0 saturated carbocycles. The van der Waals surface area contributed by atoms with E-state index in [0.717, 1.165) is 5.76 Å². The first-order valence-electron chi connectivity index (χ1n) is 5.71. The summed E-state index contributed by atoms with van der Waals surface area (Å²) in [6.45, 7) is 1.80. The molecule has 2 N–H and O–H groups in total. The minimum absolute atomic E-state index is 0.00631. The molecule has 2 amide bonds. The van der Waals surface area contributed by atoms with Gasteiger partial charge in [0.2, 0.25) is 11.8 Å². The van der Waals surface area contributed by atoms with Crippen molar-refractivity contribution in [3.63, 3.8) is 0 Å². The standard InChI is InChI=1S/C12H19N3O3/c1-9(16)13-8-12(17)14-7-10(15(2)3)11-5-4-6-18-11/h4-6,10H,7-8H2,1-3H3,(H,13,16)(H,14,17). The quantitative estimate of drug-likeness (QED) is 0.756. The monoisotopic (exact) mass is 253 g/mol. The van der Waals surface area contributed by atoms with Crippen LogP contribution in [0.2, 0.25) is 0 Å². The van der Waals surface area contributed by atoms with Crippen molar-refractivity contribution in [2.24, 2.45) is 0 Å². The molecule has 1 unspecified atom stereocenters. The third-order valence-electron chi connectivity index (χ3n) is 2.49. The van der Waals surface area contributed by atoms with Gasteiger partial charge in [0.1, 0.15) is 5.76 Å². The van der Waals surface area contributed by atoms with Crippen LogP contribution in [0.25, 0.3) is 0 Å². The molecule has 0 spiro atoms. The molecule has 0 fully saturated rings. The third kappa shape index (κ3) is 4.58. The van der Waals surface area contributed by atoms with E-state index in [1.807, 2.05) is 31.1 Å². The summed E-state index contributed by atoms with van der Waals surface area (Å²) >= 11 is 0. The van der Waals surface area contributed by atoms with Crippen LogP contribution >= 0.6 is 0 Å². The first-order chi connectivity index (χ1) is 8.50. The molecular weight excluding hydrogens is 234 g/mol. The molecule has 0 aliphatic rings. The zero-order valence-electron chi connectivity index (χ0n) is 10.9. The van der Waals surface area contributed by atoms with Gasteiger partial charge in [-0.2, -0.15) is 0 Å². The summed E-state index contributed by atoms with van der Waals surface area (Å²) in [7, 11) is 3.82. The SMILES string of the molecule is CC(=O)NCC(=O)NCC(c1ccco1)N(C)C. The Labute approximate surface area is 106 Å². The highest BCUT2D eigenvalue weighted by molar-refractivity contribution is 5.83. The maximum Gasteiger partial charge on any atom is 0.239 e. The van der Waals surface area contributed by atoms with E-state index >= 15 is 0 Å². The number of nitrogens with zero attached hydrogens (tertiary/aromatic N) is 1. The van der Waals surface area contributed by atoms with E-state index in [9.17, 15) is 9.59 Å². The lowest BCUT2D eigenvalue weighted by molar-refractivity contribution is -0.125. The van der Waals surface area contributed by atoms with Gasteiger partial charge >= 0.3 is 0 Å². The summed E-state index contributed by atoms with van der Waals surface area (Å²) in [6, 6.07) is 3.65. The van der Waals surface area contributed by atoms with Gasteiger partial charge in [-0.1, -0.05) is 0 Å². The molecule has 6 nitrogen and oxygen atoms in total. The van der Waals surface area contributed by atoms with E-state index in [1.165, 1.54) is 6.92 Å². The van der Waals surface area contributed by atoms with Crippen molar-refractivity contribution in [2.75, 3.05) is 27.2 Å². The van der Waals surface area contributed by atoms with E-state index < -0.39 is 0 Å². The Morgan fingerprint density at radius 2 is 2.11 bits per heavy atom. The van der Waals surface area contributed by atoms with Crippen molar-refractivity contribution in [1.82, 2.24) is 15.5 Å². The highest BCUT2D eigenvalue weighted by Gasteiger charge is 2.17. The molecule has 0 aliphatic carbocycles. The summed E-state index contributed by atoms with van der Waals surface area (Å²) in [5.41, 5.74) is 0. The van der Waals surface area contributed by atoms with E-state index in [-0.39, 0.29) is 24.4 Å². The Hall–Kier alpha value is -1.82. The molecule has 1 rings (SSSR count). The Balaban J connectivity index is 2.44. The van der Waals surface area contributed by atoms with Gasteiger partial charge in [-0.15, -0.1) is 0 Å². The molecule has 0 aliphatic heterocycles. The highest BCUT2D eigenvalue weighted by atomic mass is 16.3. The predicted molar refractivity (Wildman–Crippen MR) is 66.8 cm³/mol. The maximum atomic E-state index is 11.5. The van der Waals surface area contributed by atoms with Crippen LogP contribution < -0.4 is 10.6 Å². The molecule has 1 aromatic rings. The van der Waals surface area contributed by atoms with Crippen LogP contribution in [-0.4, -0.2) is 43.9 Å². The van der Waals surface area contributed by atoms with E-state index in [2.05, 4.69) is 10.6 Å². The van der Waals surface area contributed by atoms with E-state index in [0.29, 0.717) is 6.54 Å². The van der Waals surface area contributed by atoms with Gasteiger partial charge in [0.15, 0.2) is 0 Å². The molecule has 0 saturated heterocycles. The average molecular weight is 253 g/mol. The molecule has 100 valence electrons. The number of likely N-dealkylation sites (N-methyl/N-ethyl adjacent to an activating group) is 1. The molecular formula is C12H19N3O3. The molecule has 1 atom stereocenters. The lowest BCUT2D eigenvalue weighted by Gasteiger charge is -2.22. The van der Waals surface area contributed by atoms with Crippen LogP contribution in [0.5, 0.6) is 0 Å². The summed E-state index contributed by atoms with van der Waals surface area (Å²) < 4.78 is 5.32. The average Bonchev–Trinajstić information content (AvgIpc) is 2.79. The van der Waals surface area contributed by atoms with Crippen LogP contribution in [0.15, 0.2) is 22.8 Å². The van der Waals surface area contributed by atoms with E-state index in [4.69, 9.17) is 4.42 Å². The van der Waals surface area contributed by atoms with Crippen molar-refractivity contribution < 1.29 is 14.0 Å². The Morgan fingerprint density at radius 3 is 2.61 bits per heavy atom. The van der Waals surface area contributed by atoms with Crippen LogP contribution in [0.3, 0.4) is 0 Å². The zero-order valence-corrected chi connectivity index (χ0v) is 10.9. The summed E-state index contributed by atoms with van der Waals surface area (Å²) in [4.78, 5) is 24.1. The molecule has 0 bridgehead atoms. The van der Waals surface area contributed by atoms with Gasteiger partial charge in [-0.05, 0) is 26.2 Å². The fraction of sp³-hybridized carbons (Fsp3) is 0.500. The lowest BCUT2D eigenvalue weighted by atomic mass is 10.2. The van der Waals surface area contributed by atoms with Gasteiger partial charge in [0.05, 0.1) is 18.8 Å². The number of furan rings is 1. The van der Waals surface area contributed by atoms with Crippen LogP contribution in [0.1, 0.15) is 18.7 Å². The summed E-state index contributed by atoms with van der Waals surface area (Å²) in [5.74, 6) is 0.351. The molecule has 6 heteroatoms. The first kappa shape index (κ1) is 14.2. The van der Waals surface area contributed by atoms with Crippen molar-refractivity contribution in [1.29, 1.82) is 0 Å². The number of amides is 2. The number of hydrogen-bond acceptors (Lipinski definition) is 4. The van der Waals surface area contributed by atoms with Crippen molar-refractivity contribution >= 4 is 11.8 Å². The smallest absolute Gasteiger partial charge is 0.239 e. The molecule has 0 aromatic carbocycles. The van der Waals surface area contributed by atoms with Crippen molar-refractivity contribution in [3.05, 3.63) is 24.2 Å².